The Bertz CT molecular complexity index is 1210. The van der Waals surface area contributed by atoms with E-state index in [0.29, 0.717) is 24.0 Å². The quantitative estimate of drug-likeness (QED) is 0.409. The van der Waals surface area contributed by atoms with Gasteiger partial charge in [-0.25, -0.2) is 9.67 Å². The Morgan fingerprint density at radius 2 is 1.70 bits per heavy atom. The predicted molar refractivity (Wildman–Crippen MR) is 125 cm³/mol. The number of benzene rings is 2. The number of hydrogen-bond acceptors (Lipinski definition) is 6. The zero-order chi connectivity index (χ0) is 22.6. The summed E-state index contributed by atoms with van der Waals surface area (Å²) >= 11 is 0. The maximum Gasteiger partial charge on any atom is 0.212 e. The molecular weight excluding hydrogens is 418 g/mol. The summed E-state index contributed by atoms with van der Waals surface area (Å²) in [5, 5.41) is 4.56. The van der Waals surface area contributed by atoms with E-state index in [9.17, 15) is 0 Å². The summed E-state index contributed by atoms with van der Waals surface area (Å²) in [6, 6.07) is 20.0. The molecule has 0 N–H and O–H groups in total. The first-order valence-corrected chi connectivity index (χ1v) is 10.8. The molecule has 5 rings (SSSR count). The van der Waals surface area contributed by atoms with Gasteiger partial charge < -0.3 is 18.9 Å². The number of hydrogen-bond donors (Lipinski definition) is 0. The van der Waals surface area contributed by atoms with E-state index in [2.05, 4.69) is 22.2 Å². The Balaban J connectivity index is 1.43. The van der Waals surface area contributed by atoms with E-state index >= 15 is 0 Å². The lowest BCUT2D eigenvalue weighted by molar-refractivity contribution is 0.138. The minimum Gasteiger partial charge on any atom is -0.493 e. The van der Waals surface area contributed by atoms with Crippen molar-refractivity contribution in [3.63, 3.8) is 0 Å². The first-order chi connectivity index (χ1) is 16.2. The van der Waals surface area contributed by atoms with Gasteiger partial charge in [-0.1, -0.05) is 12.1 Å². The van der Waals surface area contributed by atoms with E-state index in [0.717, 1.165) is 41.1 Å². The molecule has 4 aromatic rings. The Labute approximate surface area is 192 Å². The van der Waals surface area contributed by atoms with Gasteiger partial charge >= 0.3 is 0 Å². The van der Waals surface area contributed by atoms with Gasteiger partial charge in [0.15, 0.2) is 11.5 Å². The van der Waals surface area contributed by atoms with Crippen molar-refractivity contribution in [2.45, 2.75) is 12.5 Å². The molecule has 7 nitrogen and oxygen atoms in total. The second-order valence-corrected chi connectivity index (χ2v) is 7.73. The van der Waals surface area contributed by atoms with E-state index in [4.69, 9.17) is 18.9 Å². The molecule has 0 unspecified atom stereocenters. The van der Waals surface area contributed by atoms with Crippen molar-refractivity contribution in [2.24, 2.45) is 0 Å². The maximum absolute atomic E-state index is 6.17. The number of methoxy groups -OCH3 is 2. The monoisotopic (exact) mass is 443 g/mol. The average Bonchev–Trinajstić information content (AvgIpc) is 3.57. The normalized spacial score (nSPS) is 15.4. The number of nitrogens with zero attached hydrogens (tertiary/aromatic N) is 3. The molecule has 3 heterocycles. The van der Waals surface area contributed by atoms with Crippen LogP contribution in [-0.4, -0.2) is 48.3 Å². The van der Waals surface area contributed by atoms with Crippen LogP contribution in [0.5, 0.6) is 17.4 Å². The van der Waals surface area contributed by atoms with Crippen LogP contribution in [0.25, 0.3) is 28.1 Å². The first kappa shape index (κ1) is 21.0. The summed E-state index contributed by atoms with van der Waals surface area (Å²) in [4.78, 5) is 4.29. The third kappa shape index (κ3) is 4.40. The summed E-state index contributed by atoms with van der Waals surface area (Å²) in [5.74, 6) is 2.01. The zero-order valence-electron chi connectivity index (χ0n) is 18.6. The first-order valence-electron chi connectivity index (χ1n) is 10.8. The predicted octanol–water partition coefficient (Wildman–Crippen LogP) is 4.79. The molecule has 1 saturated heterocycles. The lowest BCUT2D eigenvalue weighted by Gasteiger charge is -2.16. The van der Waals surface area contributed by atoms with Crippen LogP contribution < -0.4 is 14.2 Å². The fraction of sp³-hybridized carbons (Fsp3) is 0.231. The molecule has 1 aliphatic rings. The molecule has 0 aliphatic carbocycles. The van der Waals surface area contributed by atoms with Gasteiger partial charge in [-0.2, -0.15) is 5.10 Å². The van der Waals surface area contributed by atoms with Gasteiger partial charge in [0.05, 0.1) is 45.0 Å². The van der Waals surface area contributed by atoms with Crippen molar-refractivity contribution in [1.82, 2.24) is 14.8 Å². The third-order valence-electron chi connectivity index (χ3n) is 5.67. The van der Waals surface area contributed by atoms with Gasteiger partial charge in [0.2, 0.25) is 5.88 Å². The fourth-order valence-electron chi connectivity index (χ4n) is 3.91. The second kappa shape index (κ2) is 9.34. The van der Waals surface area contributed by atoms with Crippen LogP contribution >= 0.6 is 0 Å². The Morgan fingerprint density at radius 1 is 0.879 bits per heavy atom. The summed E-state index contributed by atoms with van der Waals surface area (Å²) in [5.41, 5.74) is 5.01. The van der Waals surface area contributed by atoms with E-state index in [1.54, 1.807) is 26.6 Å². The van der Waals surface area contributed by atoms with E-state index in [1.165, 1.54) is 0 Å². The van der Waals surface area contributed by atoms with Gasteiger partial charge in [-0.3, -0.25) is 0 Å². The highest BCUT2D eigenvalue weighted by Crippen LogP contribution is 2.35. The SMILES string of the molecule is COc1ccc(-c2ccc(-n3nccc3-c3ccc(OC)c(O[C@@H]4CCOC4)c3)cc2)cn1. The van der Waals surface area contributed by atoms with Gasteiger partial charge in [0.25, 0.3) is 0 Å². The van der Waals surface area contributed by atoms with Crippen LogP contribution in [0.15, 0.2) is 73.1 Å². The molecule has 0 bridgehead atoms. The number of ether oxygens (including phenoxy) is 4. The molecule has 168 valence electrons. The van der Waals surface area contributed by atoms with Crippen LogP contribution in [0.2, 0.25) is 0 Å². The van der Waals surface area contributed by atoms with Crippen molar-refractivity contribution >= 4 is 0 Å². The second-order valence-electron chi connectivity index (χ2n) is 7.73. The molecule has 0 spiro atoms. The fourth-order valence-corrected chi connectivity index (χ4v) is 3.91. The van der Waals surface area contributed by atoms with Crippen molar-refractivity contribution in [1.29, 1.82) is 0 Å². The number of aromatic nitrogens is 3. The average molecular weight is 444 g/mol. The van der Waals surface area contributed by atoms with Crippen molar-refractivity contribution < 1.29 is 18.9 Å². The highest BCUT2D eigenvalue weighted by Gasteiger charge is 2.20. The smallest absolute Gasteiger partial charge is 0.212 e. The highest BCUT2D eigenvalue weighted by molar-refractivity contribution is 5.68. The Kier molecular flexibility index (Phi) is 5.95. The summed E-state index contributed by atoms with van der Waals surface area (Å²) in [6.07, 6.45) is 4.52. The van der Waals surface area contributed by atoms with Crippen LogP contribution in [0.4, 0.5) is 0 Å². The van der Waals surface area contributed by atoms with Crippen LogP contribution in [-0.2, 0) is 4.74 Å². The Hall–Kier alpha value is -3.84. The molecule has 2 aromatic heterocycles. The standard InChI is InChI=1S/C26H25N3O4/c1-30-24-9-5-19(15-25(24)33-22-12-14-32-17-22)23-11-13-28-29(23)21-7-3-18(4-8-21)20-6-10-26(31-2)27-16-20/h3-11,13,15-16,22H,12,14,17H2,1-2H3/t22-/m1/s1. The number of pyridine rings is 1. The lowest BCUT2D eigenvalue weighted by atomic mass is 10.1. The summed E-state index contributed by atoms with van der Waals surface area (Å²) in [7, 11) is 3.26. The molecule has 2 aromatic carbocycles. The Morgan fingerprint density at radius 3 is 2.39 bits per heavy atom. The van der Waals surface area contributed by atoms with Gasteiger partial charge in [0, 0.05) is 29.8 Å². The topological polar surface area (TPSA) is 67.6 Å². The minimum atomic E-state index is 0.0408. The number of rotatable bonds is 7. The highest BCUT2D eigenvalue weighted by atomic mass is 16.6. The molecule has 0 radical (unpaired) electrons. The van der Waals surface area contributed by atoms with Gasteiger partial charge in [0.1, 0.15) is 6.10 Å². The maximum atomic E-state index is 6.17. The van der Waals surface area contributed by atoms with E-state index in [-0.39, 0.29) is 6.10 Å². The largest absolute Gasteiger partial charge is 0.493 e. The van der Waals surface area contributed by atoms with Crippen LogP contribution in [0, 0.1) is 0 Å². The van der Waals surface area contributed by atoms with E-state index < -0.39 is 0 Å². The molecule has 0 amide bonds. The molecule has 7 heteroatoms. The summed E-state index contributed by atoms with van der Waals surface area (Å²) in [6.45, 7) is 1.32. The van der Waals surface area contributed by atoms with E-state index in [1.807, 2.05) is 53.2 Å². The summed E-state index contributed by atoms with van der Waals surface area (Å²) < 4.78 is 24.2. The van der Waals surface area contributed by atoms with Crippen molar-refractivity contribution in [3.05, 3.63) is 73.1 Å². The third-order valence-corrected chi connectivity index (χ3v) is 5.67. The van der Waals surface area contributed by atoms with Gasteiger partial charge in [-0.05, 0) is 48.0 Å². The van der Waals surface area contributed by atoms with Gasteiger partial charge in [-0.15, -0.1) is 0 Å². The molecular formula is C26H25N3O4. The minimum absolute atomic E-state index is 0.0408. The van der Waals surface area contributed by atoms with Crippen molar-refractivity contribution in [2.75, 3.05) is 27.4 Å². The van der Waals surface area contributed by atoms with Crippen molar-refractivity contribution in [3.8, 4) is 45.5 Å². The molecule has 0 saturated carbocycles. The molecule has 1 atom stereocenters. The van der Waals surface area contributed by atoms with Crippen LogP contribution in [0.3, 0.4) is 0 Å². The zero-order valence-corrected chi connectivity index (χ0v) is 18.6. The van der Waals surface area contributed by atoms with Crippen LogP contribution in [0.1, 0.15) is 6.42 Å². The molecule has 1 fully saturated rings. The molecule has 33 heavy (non-hydrogen) atoms. The molecule has 1 aliphatic heterocycles. The lowest BCUT2D eigenvalue weighted by Crippen LogP contribution is -2.16.